The number of carboxylic acid groups (broad SMARTS) is 1. The Hall–Kier alpha value is -1.97. The van der Waals surface area contributed by atoms with Crippen LogP contribution in [0.25, 0.3) is 0 Å². The van der Waals surface area contributed by atoms with E-state index in [1.54, 1.807) is 18.2 Å². The molecule has 0 aromatic heterocycles. The summed E-state index contributed by atoms with van der Waals surface area (Å²) in [5.41, 5.74) is 3.97. The van der Waals surface area contributed by atoms with E-state index in [9.17, 15) is 4.79 Å². The number of hydrogen-bond acceptors (Lipinski definition) is 3. The van der Waals surface area contributed by atoms with Gasteiger partial charge >= 0.3 is 5.97 Å². The second-order valence-electron chi connectivity index (χ2n) is 3.33. The molecule has 2 rings (SSSR count). The van der Waals surface area contributed by atoms with Crippen LogP contribution in [0.2, 0.25) is 0 Å². The van der Waals surface area contributed by atoms with E-state index in [-0.39, 0.29) is 5.56 Å². The molecule has 1 heterocycles. The van der Waals surface area contributed by atoms with Gasteiger partial charge in [0.1, 0.15) is 0 Å². The minimum Gasteiger partial charge on any atom is -0.478 e. The van der Waals surface area contributed by atoms with E-state index in [2.05, 4.69) is 5.43 Å². The van der Waals surface area contributed by atoms with Crippen LogP contribution < -0.4 is 5.43 Å². The Bertz CT molecular complexity index is 401. The third-order valence-corrected chi connectivity index (χ3v) is 2.24. The number of aromatic carboxylic acids is 1. The highest BCUT2D eigenvalue weighted by Gasteiger charge is 2.11. The van der Waals surface area contributed by atoms with Gasteiger partial charge < -0.3 is 5.11 Å². The first kappa shape index (κ1) is 9.58. The van der Waals surface area contributed by atoms with E-state index < -0.39 is 5.97 Å². The lowest BCUT2D eigenvalue weighted by Crippen LogP contribution is -2.23. The van der Waals surface area contributed by atoms with Crippen LogP contribution in [0.4, 0.5) is 5.69 Å². The molecule has 0 fully saturated rings. The summed E-state index contributed by atoms with van der Waals surface area (Å²) in [4.78, 5) is 10.9. The van der Waals surface area contributed by atoms with Crippen molar-refractivity contribution in [3.05, 3.63) is 42.1 Å². The Morgan fingerprint density at radius 1 is 1.40 bits per heavy atom. The predicted molar refractivity (Wildman–Crippen MR) is 57.5 cm³/mol. The number of hydrazine groups is 1. The summed E-state index contributed by atoms with van der Waals surface area (Å²) in [5.74, 6) is -0.915. The number of benzene rings is 1. The molecule has 4 heteroatoms. The molecule has 0 saturated carbocycles. The van der Waals surface area contributed by atoms with Crippen LogP contribution in [0.3, 0.4) is 0 Å². The largest absolute Gasteiger partial charge is 0.478 e. The van der Waals surface area contributed by atoms with E-state index >= 15 is 0 Å². The van der Waals surface area contributed by atoms with E-state index in [1.807, 2.05) is 23.4 Å². The fourth-order valence-electron chi connectivity index (χ4n) is 1.50. The van der Waals surface area contributed by atoms with Gasteiger partial charge in [0.25, 0.3) is 0 Å². The number of hydrogen-bond donors (Lipinski definition) is 2. The lowest BCUT2D eigenvalue weighted by molar-refractivity contribution is 0.0697. The Morgan fingerprint density at radius 3 is 2.87 bits per heavy atom. The Morgan fingerprint density at radius 2 is 2.20 bits per heavy atom. The zero-order valence-electron chi connectivity index (χ0n) is 8.18. The quantitative estimate of drug-likeness (QED) is 0.789. The van der Waals surface area contributed by atoms with Gasteiger partial charge in [0.2, 0.25) is 0 Å². The van der Waals surface area contributed by atoms with Crippen LogP contribution >= 0.6 is 0 Å². The number of nitrogens with one attached hydrogen (secondary N) is 1. The van der Waals surface area contributed by atoms with Crippen LogP contribution in [-0.4, -0.2) is 22.6 Å². The van der Waals surface area contributed by atoms with Gasteiger partial charge in [0.15, 0.2) is 0 Å². The average molecular weight is 204 g/mol. The first-order valence-corrected chi connectivity index (χ1v) is 4.79. The van der Waals surface area contributed by atoms with E-state index in [0.29, 0.717) is 5.69 Å². The molecule has 0 saturated heterocycles. The molecule has 1 aromatic rings. The number of carbonyl (C=O) groups is 1. The van der Waals surface area contributed by atoms with Crippen molar-refractivity contribution in [3.63, 3.8) is 0 Å². The highest BCUT2D eigenvalue weighted by atomic mass is 16.4. The van der Waals surface area contributed by atoms with E-state index in [1.165, 1.54) is 0 Å². The maximum absolute atomic E-state index is 10.9. The lowest BCUT2D eigenvalue weighted by atomic mass is 10.2. The monoisotopic (exact) mass is 204 g/mol. The SMILES string of the molecule is O=C(O)c1ccccc1NN1C=CCC1. The van der Waals surface area contributed by atoms with Crippen molar-refractivity contribution in [2.24, 2.45) is 0 Å². The molecule has 1 aromatic carbocycles. The van der Waals surface area contributed by atoms with Crippen molar-refractivity contribution in [3.8, 4) is 0 Å². The number of anilines is 1. The Labute approximate surface area is 87.8 Å². The van der Waals surface area contributed by atoms with Gasteiger partial charge in [-0.2, -0.15) is 0 Å². The highest BCUT2D eigenvalue weighted by Crippen LogP contribution is 2.17. The van der Waals surface area contributed by atoms with Crippen LogP contribution in [0.1, 0.15) is 16.8 Å². The second kappa shape index (κ2) is 4.04. The van der Waals surface area contributed by atoms with Crippen molar-refractivity contribution in [2.45, 2.75) is 6.42 Å². The molecule has 0 unspecified atom stereocenters. The normalized spacial score (nSPS) is 14.3. The molecule has 0 atom stereocenters. The molecular formula is C11H12N2O2. The molecule has 0 amide bonds. The van der Waals surface area contributed by atoms with E-state index in [0.717, 1.165) is 13.0 Å². The zero-order valence-corrected chi connectivity index (χ0v) is 8.18. The maximum Gasteiger partial charge on any atom is 0.337 e. The first-order valence-electron chi connectivity index (χ1n) is 4.79. The van der Waals surface area contributed by atoms with Gasteiger partial charge in [-0.25, -0.2) is 4.79 Å². The van der Waals surface area contributed by atoms with Gasteiger partial charge in [-0.3, -0.25) is 10.4 Å². The lowest BCUT2D eigenvalue weighted by Gasteiger charge is -2.19. The minimum atomic E-state index is -0.915. The number of rotatable bonds is 3. The molecular weight excluding hydrogens is 192 g/mol. The molecule has 78 valence electrons. The van der Waals surface area contributed by atoms with E-state index in [4.69, 9.17) is 5.11 Å². The summed E-state index contributed by atoms with van der Waals surface area (Å²) in [7, 11) is 0. The van der Waals surface area contributed by atoms with Gasteiger partial charge in [0.05, 0.1) is 11.3 Å². The second-order valence-corrected chi connectivity index (χ2v) is 3.33. The van der Waals surface area contributed by atoms with Crippen molar-refractivity contribution in [1.82, 2.24) is 5.01 Å². The van der Waals surface area contributed by atoms with Crippen LogP contribution in [0, 0.1) is 0 Å². The number of carboxylic acids is 1. The summed E-state index contributed by atoms with van der Waals surface area (Å²) in [6.45, 7) is 0.869. The standard InChI is InChI=1S/C11H12N2O2/c14-11(15)9-5-1-2-6-10(9)12-13-7-3-4-8-13/h1-3,5-7,12H,4,8H2,(H,14,15). The third-order valence-electron chi connectivity index (χ3n) is 2.24. The van der Waals surface area contributed by atoms with Gasteiger partial charge in [-0.05, 0) is 18.6 Å². The smallest absolute Gasteiger partial charge is 0.337 e. The average Bonchev–Trinajstić information content (AvgIpc) is 2.71. The third kappa shape index (κ3) is 2.10. The topological polar surface area (TPSA) is 52.6 Å². The van der Waals surface area contributed by atoms with Crippen molar-refractivity contribution < 1.29 is 9.90 Å². The summed E-state index contributed by atoms with van der Waals surface area (Å²) in [6, 6.07) is 6.88. The first-order chi connectivity index (χ1) is 7.27. The summed E-state index contributed by atoms with van der Waals surface area (Å²) in [5, 5.41) is 10.8. The van der Waals surface area contributed by atoms with Crippen LogP contribution in [0.5, 0.6) is 0 Å². The molecule has 0 bridgehead atoms. The number of nitrogens with zero attached hydrogens (tertiary/aromatic N) is 1. The minimum absolute atomic E-state index is 0.290. The molecule has 0 spiro atoms. The van der Waals surface area contributed by atoms with Crippen molar-refractivity contribution >= 4 is 11.7 Å². The van der Waals surface area contributed by atoms with Gasteiger partial charge in [0, 0.05) is 12.7 Å². The summed E-state index contributed by atoms with van der Waals surface area (Å²) in [6.07, 6.45) is 4.94. The molecule has 4 nitrogen and oxygen atoms in total. The molecule has 1 aliphatic rings. The fraction of sp³-hybridized carbons (Fsp3) is 0.182. The van der Waals surface area contributed by atoms with Crippen molar-refractivity contribution in [1.29, 1.82) is 0 Å². The van der Waals surface area contributed by atoms with Gasteiger partial charge in [-0.15, -0.1) is 0 Å². The van der Waals surface area contributed by atoms with Crippen molar-refractivity contribution in [2.75, 3.05) is 12.0 Å². The van der Waals surface area contributed by atoms with Crippen LogP contribution in [-0.2, 0) is 0 Å². The van der Waals surface area contributed by atoms with Gasteiger partial charge in [-0.1, -0.05) is 18.2 Å². The molecule has 1 aliphatic heterocycles. The maximum atomic E-state index is 10.9. The summed E-state index contributed by atoms with van der Waals surface area (Å²) >= 11 is 0. The Kier molecular flexibility index (Phi) is 2.58. The predicted octanol–water partition coefficient (Wildman–Crippen LogP) is 1.93. The zero-order chi connectivity index (χ0) is 10.7. The fourth-order valence-corrected chi connectivity index (χ4v) is 1.50. The molecule has 15 heavy (non-hydrogen) atoms. The van der Waals surface area contributed by atoms with Crippen LogP contribution in [0.15, 0.2) is 36.5 Å². The highest BCUT2D eigenvalue weighted by molar-refractivity contribution is 5.94. The number of para-hydroxylation sites is 1. The molecule has 2 N–H and O–H groups in total. The summed E-state index contributed by atoms with van der Waals surface area (Å²) < 4.78 is 0. The molecule has 0 radical (unpaired) electrons. The Balaban J connectivity index is 2.19. The molecule has 0 aliphatic carbocycles.